The van der Waals surface area contributed by atoms with Crippen LogP contribution in [-0.2, 0) is 14.3 Å². The molecule has 34 heavy (non-hydrogen) atoms. The second-order valence-corrected chi connectivity index (χ2v) is 10.7. The maximum Gasteiger partial charge on any atom is 0.331 e. The zero-order chi connectivity index (χ0) is 23.9. The van der Waals surface area contributed by atoms with Gasteiger partial charge in [0.2, 0.25) is 0 Å². The summed E-state index contributed by atoms with van der Waals surface area (Å²) in [6, 6.07) is 22.1. The monoisotopic (exact) mass is 471 g/mol. The van der Waals surface area contributed by atoms with Crippen LogP contribution >= 0.6 is 11.8 Å². The van der Waals surface area contributed by atoms with Crippen molar-refractivity contribution in [3.63, 3.8) is 0 Å². The van der Waals surface area contributed by atoms with Crippen LogP contribution in [-0.4, -0.2) is 37.9 Å². The van der Waals surface area contributed by atoms with Gasteiger partial charge in [-0.25, -0.2) is 4.79 Å². The summed E-state index contributed by atoms with van der Waals surface area (Å²) in [6.45, 7) is 3.96. The number of nitrogen functional groups attached to an aromatic ring is 1. The molecule has 5 rings (SSSR count). The van der Waals surface area contributed by atoms with E-state index in [1.165, 1.54) is 0 Å². The zero-order valence-electron chi connectivity index (χ0n) is 18.9. The number of hydrogen-bond donors (Lipinski definition) is 1. The highest BCUT2D eigenvalue weighted by Crippen LogP contribution is 2.53. The van der Waals surface area contributed by atoms with Gasteiger partial charge in [-0.2, -0.15) is 0 Å². The summed E-state index contributed by atoms with van der Waals surface area (Å²) < 4.78 is 5.60. The Kier molecular flexibility index (Phi) is 5.65. The number of amides is 1. The van der Waals surface area contributed by atoms with E-state index in [4.69, 9.17) is 10.5 Å². The van der Waals surface area contributed by atoms with Gasteiger partial charge >= 0.3 is 5.97 Å². The number of aromatic nitrogens is 1. The Hall–Kier alpha value is -3.58. The van der Waals surface area contributed by atoms with Crippen molar-refractivity contribution in [2.75, 3.05) is 5.73 Å². The number of anilines is 1. The molecular formula is C27H25N3O3S. The quantitative estimate of drug-likeness (QED) is 0.336. The Balaban J connectivity index is 1.41. The third-order valence-electron chi connectivity index (χ3n) is 6.13. The lowest BCUT2D eigenvalue weighted by atomic mass is 9.94. The highest BCUT2D eigenvalue weighted by atomic mass is 32.2. The molecule has 0 radical (unpaired) electrons. The van der Waals surface area contributed by atoms with Gasteiger partial charge in [0.05, 0.1) is 23.2 Å². The Morgan fingerprint density at radius 2 is 1.68 bits per heavy atom. The fraction of sp³-hybridized carbons (Fsp3) is 0.222. The number of esters is 1. The molecule has 3 aromatic rings. The lowest BCUT2D eigenvalue weighted by Crippen LogP contribution is -2.58. The topological polar surface area (TPSA) is 85.5 Å². The van der Waals surface area contributed by atoms with Gasteiger partial charge in [0.25, 0.3) is 5.91 Å². The van der Waals surface area contributed by atoms with Gasteiger partial charge < -0.3 is 15.4 Å². The molecule has 2 N–H and O–H groups in total. The molecule has 1 unspecified atom stereocenters. The van der Waals surface area contributed by atoms with Crippen molar-refractivity contribution in [1.29, 1.82) is 0 Å². The molecule has 0 aliphatic carbocycles. The fourth-order valence-corrected chi connectivity index (χ4v) is 6.00. The summed E-state index contributed by atoms with van der Waals surface area (Å²) in [5.41, 5.74) is 9.34. The van der Waals surface area contributed by atoms with E-state index in [-0.39, 0.29) is 11.3 Å². The van der Waals surface area contributed by atoms with Crippen LogP contribution in [0.1, 0.15) is 36.8 Å². The number of nitrogens with two attached hydrogens (primary N) is 1. The largest absolute Gasteiger partial charge is 0.451 e. The molecule has 2 aromatic carbocycles. The first-order chi connectivity index (χ1) is 16.3. The van der Waals surface area contributed by atoms with E-state index in [9.17, 15) is 9.59 Å². The van der Waals surface area contributed by atoms with Crippen LogP contribution in [0, 0.1) is 0 Å². The minimum atomic E-state index is -0.693. The van der Waals surface area contributed by atoms with E-state index in [2.05, 4.69) is 4.98 Å². The summed E-state index contributed by atoms with van der Waals surface area (Å²) in [6.07, 6.45) is 2.78. The number of carbonyl (C=O) groups excluding carboxylic acids is 2. The van der Waals surface area contributed by atoms with E-state index in [1.54, 1.807) is 41.1 Å². The number of rotatable bonds is 5. The number of fused-ring (bicyclic) bond motifs is 1. The first-order valence-electron chi connectivity index (χ1n) is 11.1. The van der Waals surface area contributed by atoms with E-state index in [1.807, 2.05) is 74.5 Å². The first-order valence-corrected chi connectivity index (χ1v) is 12.0. The van der Waals surface area contributed by atoms with Gasteiger partial charge in [0, 0.05) is 4.75 Å². The molecule has 2 aliphatic rings. The van der Waals surface area contributed by atoms with Crippen molar-refractivity contribution in [1.82, 2.24) is 9.88 Å². The highest BCUT2D eigenvalue weighted by Gasteiger charge is 2.62. The maximum atomic E-state index is 13.6. The average molecular weight is 472 g/mol. The SMILES string of the molecule is CC1(C)SC2/C(=C\c3ccc(N)cn3)C(=O)N2[C@H]1C(=O)OC(c1ccccc1)c1ccccc1. The lowest BCUT2D eigenvalue weighted by molar-refractivity contribution is -0.160. The summed E-state index contributed by atoms with van der Waals surface area (Å²) >= 11 is 1.59. The maximum absolute atomic E-state index is 13.6. The van der Waals surface area contributed by atoms with Crippen LogP contribution in [0.4, 0.5) is 5.69 Å². The molecule has 1 amide bonds. The van der Waals surface area contributed by atoms with Crippen LogP contribution in [0.3, 0.4) is 0 Å². The number of benzene rings is 2. The number of carbonyl (C=O) groups is 2. The Bertz CT molecular complexity index is 1200. The number of hydrogen-bond acceptors (Lipinski definition) is 6. The smallest absolute Gasteiger partial charge is 0.331 e. The van der Waals surface area contributed by atoms with Gasteiger partial charge in [0.1, 0.15) is 11.4 Å². The number of nitrogens with zero attached hydrogens (tertiary/aromatic N) is 2. The van der Waals surface area contributed by atoms with Crippen LogP contribution in [0.25, 0.3) is 6.08 Å². The van der Waals surface area contributed by atoms with Crippen molar-refractivity contribution >= 4 is 35.4 Å². The molecule has 3 heterocycles. The number of β-lactam (4-membered cyclic amide) rings is 1. The van der Waals surface area contributed by atoms with Gasteiger partial charge in [0.15, 0.2) is 6.10 Å². The van der Waals surface area contributed by atoms with Crippen LogP contribution in [0.5, 0.6) is 0 Å². The van der Waals surface area contributed by atoms with Gasteiger partial charge in [-0.1, -0.05) is 60.7 Å². The van der Waals surface area contributed by atoms with Crippen molar-refractivity contribution in [3.8, 4) is 0 Å². The zero-order valence-corrected chi connectivity index (χ0v) is 19.7. The van der Waals surface area contributed by atoms with Crippen molar-refractivity contribution in [2.45, 2.75) is 36.1 Å². The highest BCUT2D eigenvalue weighted by molar-refractivity contribution is 8.01. The molecule has 2 aliphatic heterocycles. The van der Waals surface area contributed by atoms with E-state index in [0.29, 0.717) is 17.0 Å². The molecular weight excluding hydrogens is 446 g/mol. The normalized spacial score (nSPS) is 21.9. The molecule has 0 bridgehead atoms. The standard InChI is InChI=1S/C27H25N3O3S/c1-27(2)23(30-24(31)21(25(30)34-27)15-20-14-13-19(28)16-29-20)26(32)33-22(17-9-5-3-6-10-17)18-11-7-4-8-12-18/h3-16,22-23,25H,28H2,1-2H3/b21-15-/t23-,25?/m0/s1. The van der Waals surface area contributed by atoms with E-state index < -0.39 is 22.9 Å². The Morgan fingerprint density at radius 3 is 2.24 bits per heavy atom. The second-order valence-electron chi connectivity index (χ2n) is 8.94. The fourth-order valence-electron chi connectivity index (χ4n) is 4.46. The molecule has 2 atom stereocenters. The Morgan fingerprint density at radius 1 is 1.06 bits per heavy atom. The predicted molar refractivity (Wildman–Crippen MR) is 134 cm³/mol. The van der Waals surface area contributed by atoms with Crippen molar-refractivity contribution in [2.24, 2.45) is 0 Å². The summed E-state index contributed by atoms with van der Waals surface area (Å²) in [7, 11) is 0. The number of pyridine rings is 1. The van der Waals surface area contributed by atoms with Crippen LogP contribution in [0.15, 0.2) is 84.6 Å². The van der Waals surface area contributed by atoms with Crippen LogP contribution < -0.4 is 5.73 Å². The summed E-state index contributed by atoms with van der Waals surface area (Å²) in [5, 5.41) is -0.216. The summed E-state index contributed by atoms with van der Waals surface area (Å²) in [5.74, 6) is -0.574. The minimum absolute atomic E-state index is 0.167. The predicted octanol–water partition coefficient (Wildman–Crippen LogP) is 4.44. The molecule has 2 saturated heterocycles. The molecule has 0 saturated carbocycles. The van der Waals surface area contributed by atoms with Gasteiger partial charge in [-0.05, 0) is 43.2 Å². The molecule has 7 heteroatoms. The molecule has 1 aromatic heterocycles. The van der Waals surface area contributed by atoms with E-state index in [0.717, 1.165) is 11.1 Å². The van der Waals surface area contributed by atoms with Gasteiger partial charge in [-0.3, -0.25) is 9.78 Å². The molecule has 0 spiro atoms. The number of ether oxygens (including phenoxy) is 1. The third kappa shape index (κ3) is 3.96. The van der Waals surface area contributed by atoms with Crippen molar-refractivity contribution in [3.05, 3.63) is 101 Å². The second kappa shape index (κ2) is 8.65. The van der Waals surface area contributed by atoms with Crippen LogP contribution in [0.2, 0.25) is 0 Å². The molecule has 172 valence electrons. The third-order valence-corrected chi connectivity index (χ3v) is 7.66. The minimum Gasteiger partial charge on any atom is -0.451 e. The van der Waals surface area contributed by atoms with Gasteiger partial charge in [-0.15, -0.1) is 11.8 Å². The number of thioether (sulfide) groups is 1. The summed E-state index contributed by atoms with van der Waals surface area (Å²) in [4.78, 5) is 32.6. The molecule has 6 nitrogen and oxygen atoms in total. The average Bonchev–Trinajstić information content (AvgIpc) is 3.10. The molecule has 2 fully saturated rings. The Labute approximate surface area is 202 Å². The van der Waals surface area contributed by atoms with E-state index >= 15 is 0 Å². The lowest BCUT2D eigenvalue weighted by Gasteiger charge is -2.40. The first kappa shape index (κ1) is 22.2. The van der Waals surface area contributed by atoms with Crippen molar-refractivity contribution < 1.29 is 14.3 Å².